The highest BCUT2D eigenvalue weighted by Gasteiger charge is 2.12. The van der Waals surface area contributed by atoms with Crippen molar-refractivity contribution in [1.82, 2.24) is 15.2 Å². The fourth-order valence-corrected chi connectivity index (χ4v) is 2.65. The number of amides is 1. The van der Waals surface area contributed by atoms with Gasteiger partial charge in [0.2, 0.25) is 0 Å². The van der Waals surface area contributed by atoms with Gasteiger partial charge in [-0.05, 0) is 56.6 Å². The normalized spacial score (nSPS) is 12.4. The number of benzene rings is 1. The van der Waals surface area contributed by atoms with Crippen LogP contribution >= 0.6 is 0 Å². The Balaban J connectivity index is 1.98. The average molecular weight is 325 g/mol. The molecule has 0 saturated carbocycles. The molecule has 1 N–H and O–H groups in total. The van der Waals surface area contributed by atoms with Crippen LogP contribution in [0.3, 0.4) is 0 Å². The Morgan fingerprint density at radius 3 is 2.42 bits per heavy atom. The first kappa shape index (κ1) is 18.1. The van der Waals surface area contributed by atoms with E-state index in [1.165, 1.54) is 5.56 Å². The van der Waals surface area contributed by atoms with Gasteiger partial charge >= 0.3 is 0 Å². The molecule has 0 spiro atoms. The van der Waals surface area contributed by atoms with Gasteiger partial charge in [0.15, 0.2) is 0 Å². The monoisotopic (exact) mass is 325 g/mol. The molecule has 0 saturated heterocycles. The maximum absolute atomic E-state index is 12.4. The van der Waals surface area contributed by atoms with E-state index >= 15 is 0 Å². The van der Waals surface area contributed by atoms with Gasteiger partial charge in [-0.1, -0.05) is 25.1 Å². The summed E-state index contributed by atoms with van der Waals surface area (Å²) in [4.78, 5) is 18.9. The highest BCUT2D eigenvalue weighted by Crippen LogP contribution is 2.13. The topological polar surface area (TPSA) is 45.2 Å². The van der Waals surface area contributed by atoms with Gasteiger partial charge < -0.3 is 5.32 Å². The molecule has 24 heavy (non-hydrogen) atoms. The molecule has 0 aliphatic carbocycles. The Bertz CT molecular complexity index is 638. The number of aromatic nitrogens is 1. The fourth-order valence-electron chi connectivity index (χ4n) is 2.65. The van der Waals surface area contributed by atoms with Crippen LogP contribution in [0.25, 0.3) is 0 Å². The van der Waals surface area contributed by atoms with Crippen molar-refractivity contribution in [3.8, 4) is 0 Å². The number of carbonyl (C=O) groups is 1. The first-order chi connectivity index (χ1) is 11.5. The molecule has 4 heteroatoms. The third-order valence-electron chi connectivity index (χ3n) is 4.27. The molecule has 0 aliphatic rings. The van der Waals surface area contributed by atoms with Gasteiger partial charge in [-0.25, -0.2) is 0 Å². The number of hydrogen-bond donors (Lipinski definition) is 1. The van der Waals surface area contributed by atoms with E-state index in [0.717, 1.165) is 18.7 Å². The summed E-state index contributed by atoms with van der Waals surface area (Å²) in [6.07, 6.45) is 3.51. The molecule has 0 fully saturated rings. The summed E-state index contributed by atoms with van der Waals surface area (Å²) >= 11 is 0. The quantitative estimate of drug-likeness (QED) is 0.842. The van der Waals surface area contributed by atoms with Crippen LogP contribution < -0.4 is 5.32 Å². The molecule has 0 aliphatic heterocycles. The zero-order valence-corrected chi connectivity index (χ0v) is 15.0. The smallest absolute Gasteiger partial charge is 0.251 e. The number of nitrogens with zero attached hydrogens (tertiary/aromatic N) is 2. The summed E-state index contributed by atoms with van der Waals surface area (Å²) < 4.78 is 0. The lowest BCUT2D eigenvalue weighted by molar-refractivity contribution is 0.0940. The second kappa shape index (κ2) is 8.60. The number of rotatable bonds is 7. The molecule has 1 atom stereocenters. The zero-order chi connectivity index (χ0) is 17.5. The molecule has 128 valence electrons. The van der Waals surface area contributed by atoms with Crippen molar-refractivity contribution in [2.45, 2.75) is 46.3 Å². The van der Waals surface area contributed by atoms with E-state index in [2.05, 4.69) is 36.0 Å². The SMILES string of the molecule is CCN(Cc1ccc(C(=O)NC(C)c2cccnc2)cc1)C(C)C. The molecule has 2 aromatic rings. The number of hydrogen-bond acceptors (Lipinski definition) is 3. The van der Waals surface area contributed by atoms with Gasteiger partial charge in [-0.3, -0.25) is 14.7 Å². The third kappa shape index (κ3) is 4.90. The number of nitrogens with one attached hydrogen (secondary N) is 1. The molecule has 4 nitrogen and oxygen atoms in total. The predicted molar refractivity (Wildman–Crippen MR) is 97.8 cm³/mol. The lowest BCUT2D eigenvalue weighted by Gasteiger charge is -2.24. The van der Waals surface area contributed by atoms with Crippen LogP contribution in [0.4, 0.5) is 0 Å². The molecule has 0 radical (unpaired) electrons. The predicted octanol–water partition coefficient (Wildman–Crippen LogP) is 3.80. The maximum atomic E-state index is 12.4. The van der Waals surface area contributed by atoms with E-state index in [9.17, 15) is 4.79 Å². The van der Waals surface area contributed by atoms with Crippen LogP contribution in [0, 0.1) is 0 Å². The van der Waals surface area contributed by atoms with Crippen LogP contribution in [0.15, 0.2) is 48.8 Å². The Kier molecular flexibility index (Phi) is 6.50. The van der Waals surface area contributed by atoms with Crippen LogP contribution in [0.5, 0.6) is 0 Å². The summed E-state index contributed by atoms with van der Waals surface area (Å²) in [5.74, 6) is -0.0610. The van der Waals surface area contributed by atoms with Crippen molar-refractivity contribution < 1.29 is 4.79 Å². The fraction of sp³-hybridized carbons (Fsp3) is 0.400. The molecular weight excluding hydrogens is 298 g/mol. The molecule has 0 bridgehead atoms. The van der Waals surface area contributed by atoms with E-state index < -0.39 is 0 Å². The third-order valence-corrected chi connectivity index (χ3v) is 4.27. The van der Waals surface area contributed by atoms with Gasteiger partial charge in [0.25, 0.3) is 5.91 Å². The molecule has 1 aromatic carbocycles. The van der Waals surface area contributed by atoms with E-state index in [-0.39, 0.29) is 11.9 Å². The van der Waals surface area contributed by atoms with Crippen LogP contribution in [-0.4, -0.2) is 28.4 Å². The van der Waals surface area contributed by atoms with Crippen LogP contribution in [-0.2, 0) is 6.54 Å². The average Bonchev–Trinajstić information content (AvgIpc) is 2.60. The molecule has 1 unspecified atom stereocenters. The summed E-state index contributed by atoms with van der Waals surface area (Å²) in [5, 5.41) is 3.01. The largest absolute Gasteiger partial charge is 0.345 e. The first-order valence-corrected chi connectivity index (χ1v) is 8.55. The maximum Gasteiger partial charge on any atom is 0.251 e. The first-order valence-electron chi connectivity index (χ1n) is 8.55. The second-order valence-corrected chi connectivity index (χ2v) is 6.34. The zero-order valence-electron chi connectivity index (χ0n) is 15.0. The van der Waals surface area contributed by atoms with E-state index in [1.807, 2.05) is 43.3 Å². The highest BCUT2D eigenvalue weighted by atomic mass is 16.1. The molecule has 1 aromatic heterocycles. The van der Waals surface area contributed by atoms with Crippen LogP contribution in [0.1, 0.15) is 55.2 Å². The minimum absolute atomic E-state index is 0.0610. The van der Waals surface area contributed by atoms with Gasteiger partial charge in [0.05, 0.1) is 6.04 Å². The lowest BCUT2D eigenvalue weighted by atomic mass is 10.1. The molecular formula is C20H27N3O. The van der Waals surface area contributed by atoms with Crippen molar-refractivity contribution in [3.05, 3.63) is 65.5 Å². The second-order valence-electron chi connectivity index (χ2n) is 6.34. The van der Waals surface area contributed by atoms with Crippen LogP contribution in [0.2, 0.25) is 0 Å². The summed E-state index contributed by atoms with van der Waals surface area (Å²) in [6, 6.07) is 12.2. The van der Waals surface area contributed by atoms with Gasteiger partial charge in [0, 0.05) is 30.5 Å². The highest BCUT2D eigenvalue weighted by molar-refractivity contribution is 5.94. The summed E-state index contributed by atoms with van der Waals surface area (Å²) in [5.41, 5.74) is 2.91. The Morgan fingerprint density at radius 1 is 1.17 bits per heavy atom. The molecule has 1 amide bonds. The minimum atomic E-state index is -0.0672. The van der Waals surface area contributed by atoms with Gasteiger partial charge in [0.1, 0.15) is 0 Å². The molecule has 1 heterocycles. The Labute approximate surface area is 144 Å². The summed E-state index contributed by atoms with van der Waals surface area (Å²) in [6.45, 7) is 10.5. The van der Waals surface area contributed by atoms with Crippen molar-refractivity contribution in [2.24, 2.45) is 0 Å². The van der Waals surface area contributed by atoms with E-state index in [1.54, 1.807) is 12.4 Å². The Morgan fingerprint density at radius 2 is 1.88 bits per heavy atom. The lowest BCUT2D eigenvalue weighted by Crippen LogP contribution is -2.30. The minimum Gasteiger partial charge on any atom is -0.345 e. The molecule has 2 rings (SSSR count). The Hall–Kier alpha value is -2.20. The number of carbonyl (C=O) groups excluding carboxylic acids is 1. The van der Waals surface area contributed by atoms with Crippen molar-refractivity contribution in [1.29, 1.82) is 0 Å². The van der Waals surface area contributed by atoms with E-state index in [0.29, 0.717) is 11.6 Å². The standard InChI is InChI=1S/C20H27N3O/c1-5-23(15(2)3)14-17-8-10-18(11-9-17)20(24)22-16(4)19-7-6-12-21-13-19/h6-13,15-16H,5,14H2,1-4H3,(H,22,24). The van der Waals surface area contributed by atoms with E-state index in [4.69, 9.17) is 0 Å². The van der Waals surface area contributed by atoms with Gasteiger partial charge in [-0.2, -0.15) is 0 Å². The summed E-state index contributed by atoms with van der Waals surface area (Å²) in [7, 11) is 0. The van der Waals surface area contributed by atoms with Crippen molar-refractivity contribution in [2.75, 3.05) is 6.54 Å². The van der Waals surface area contributed by atoms with Crippen molar-refractivity contribution in [3.63, 3.8) is 0 Å². The van der Waals surface area contributed by atoms with Crippen molar-refractivity contribution >= 4 is 5.91 Å². The number of pyridine rings is 1. The van der Waals surface area contributed by atoms with Gasteiger partial charge in [-0.15, -0.1) is 0 Å².